The molecule has 0 fully saturated rings. The third-order valence-corrected chi connectivity index (χ3v) is 2.40. The molecular weight excluding hydrogens is 207 g/mol. The topological polar surface area (TPSA) is 55.1 Å². The Morgan fingerprint density at radius 3 is 2.88 bits per heavy atom. The van der Waals surface area contributed by atoms with Crippen molar-refractivity contribution in [2.45, 2.75) is 25.8 Å². The number of hydrogen-bond donors (Lipinski definition) is 2. The van der Waals surface area contributed by atoms with E-state index < -0.39 is 0 Å². The number of halogens is 1. The average molecular weight is 224 g/mol. The summed E-state index contributed by atoms with van der Waals surface area (Å²) in [5, 5.41) is 2.80. The van der Waals surface area contributed by atoms with E-state index in [0.717, 1.165) is 6.42 Å². The van der Waals surface area contributed by atoms with Gasteiger partial charge in [0.2, 0.25) is 5.91 Å². The first-order valence-electron chi connectivity index (χ1n) is 5.39. The molecule has 1 amide bonds. The van der Waals surface area contributed by atoms with E-state index in [1.807, 2.05) is 6.92 Å². The molecule has 0 heterocycles. The smallest absolute Gasteiger partial charge is 0.224 e. The Kier molecular flexibility index (Phi) is 4.92. The van der Waals surface area contributed by atoms with Gasteiger partial charge in [0.15, 0.2) is 0 Å². The number of benzene rings is 1. The quantitative estimate of drug-likeness (QED) is 0.790. The summed E-state index contributed by atoms with van der Waals surface area (Å²) >= 11 is 0. The lowest BCUT2D eigenvalue weighted by Gasteiger charge is -2.14. The molecule has 0 bridgehead atoms. The lowest BCUT2D eigenvalue weighted by Crippen LogP contribution is -2.40. The number of hydrogen-bond acceptors (Lipinski definition) is 2. The minimum Gasteiger partial charge on any atom is -0.352 e. The van der Waals surface area contributed by atoms with E-state index in [4.69, 9.17) is 5.73 Å². The van der Waals surface area contributed by atoms with Crippen molar-refractivity contribution >= 4 is 5.91 Å². The number of nitrogens with one attached hydrogen (secondary N) is 1. The minimum atomic E-state index is -0.323. The van der Waals surface area contributed by atoms with Gasteiger partial charge in [-0.15, -0.1) is 0 Å². The van der Waals surface area contributed by atoms with Gasteiger partial charge in [0.05, 0.1) is 6.42 Å². The second kappa shape index (κ2) is 6.23. The van der Waals surface area contributed by atoms with E-state index >= 15 is 0 Å². The van der Waals surface area contributed by atoms with Crippen LogP contribution in [0.3, 0.4) is 0 Å². The van der Waals surface area contributed by atoms with Gasteiger partial charge >= 0.3 is 0 Å². The van der Waals surface area contributed by atoms with Crippen LogP contribution in [-0.4, -0.2) is 18.5 Å². The predicted octanol–water partition coefficient (Wildman–Crippen LogP) is 1.22. The van der Waals surface area contributed by atoms with Crippen molar-refractivity contribution < 1.29 is 9.18 Å². The lowest BCUT2D eigenvalue weighted by atomic mass is 10.1. The molecular formula is C12H17FN2O. The molecule has 1 aromatic carbocycles. The van der Waals surface area contributed by atoms with Gasteiger partial charge in [-0.1, -0.05) is 19.1 Å². The number of carbonyl (C=O) groups is 1. The maximum absolute atomic E-state index is 12.9. The summed E-state index contributed by atoms with van der Waals surface area (Å²) in [5.41, 5.74) is 6.15. The zero-order valence-corrected chi connectivity index (χ0v) is 9.37. The van der Waals surface area contributed by atoms with Gasteiger partial charge in [-0.2, -0.15) is 0 Å². The third kappa shape index (κ3) is 3.98. The first kappa shape index (κ1) is 12.6. The highest BCUT2D eigenvalue weighted by molar-refractivity contribution is 5.78. The number of nitrogens with two attached hydrogens (primary N) is 1. The number of carbonyl (C=O) groups excluding carboxylic acids is 1. The molecule has 1 rings (SSSR count). The predicted molar refractivity (Wildman–Crippen MR) is 61.4 cm³/mol. The second-order valence-electron chi connectivity index (χ2n) is 3.72. The molecule has 0 aromatic heterocycles. The van der Waals surface area contributed by atoms with Gasteiger partial charge in [0.25, 0.3) is 0 Å². The normalized spacial score (nSPS) is 12.2. The summed E-state index contributed by atoms with van der Waals surface area (Å²) < 4.78 is 12.9. The standard InChI is InChI=1S/C12H17FN2O/c1-2-11(8-14)15-12(16)7-9-4-3-5-10(13)6-9/h3-6,11H,2,7-8,14H2,1H3,(H,15,16). The number of rotatable bonds is 5. The van der Waals surface area contributed by atoms with E-state index in [0.29, 0.717) is 12.1 Å². The van der Waals surface area contributed by atoms with Crippen molar-refractivity contribution in [3.05, 3.63) is 35.6 Å². The summed E-state index contributed by atoms with van der Waals surface area (Å²) in [4.78, 5) is 11.6. The molecule has 0 spiro atoms. The van der Waals surface area contributed by atoms with E-state index in [-0.39, 0.29) is 24.2 Å². The molecule has 1 unspecified atom stereocenters. The van der Waals surface area contributed by atoms with Crippen molar-refractivity contribution in [2.24, 2.45) is 5.73 Å². The maximum Gasteiger partial charge on any atom is 0.224 e. The summed E-state index contributed by atoms with van der Waals surface area (Å²) in [5.74, 6) is -0.445. The average Bonchev–Trinajstić information content (AvgIpc) is 2.26. The molecule has 16 heavy (non-hydrogen) atoms. The van der Waals surface area contributed by atoms with Gasteiger partial charge in [-0.3, -0.25) is 4.79 Å². The van der Waals surface area contributed by atoms with Crippen molar-refractivity contribution in [2.75, 3.05) is 6.54 Å². The molecule has 3 nitrogen and oxygen atoms in total. The molecule has 3 N–H and O–H groups in total. The molecule has 0 saturated heterocycles. The van der Waals surface area contributed by atoms with Gasteiger partial charge in [0, 0.05) is 12.6 Å². The van der Waals surface area contributed by atoms with E-state index in [2.05, 4.69) is 5.32 Å². The van der Waals surface area contributed by atoms with Crippen LogP contribution >= 0.6 is 0 Å². The van der Waals surface area contributed by atoms with E-state index in [9.17, 15) is 9.18 Å². The minimum absolute atomic E-state index is 0.000981. The highest BCUT2D eigenvalue weighted by Gasteiger charge is 2.09. The van der Waals surface area contributed by atoms with Gasteiger partial charge in [-0.25, -0.2) is 4.39 Å². The molecule has 0 saturated carbocycles. The number of amides is 1. The fourth-order valence-electron chi connectivity index (χ4n) is 1.44. The largest absolute Gasteiger partial charge is 0.352 e. The monoisotopic (exact) mass is 224 g/mol. The van der Waals surface area contributed by atoms with Crippen molar-refractivity contribution in [1.82, 2.24) is 5.32 Å². The zero-order valence-electron chi connectivity index (χ0n) is 9.37. The van der Waals surface area contributed by atoms with Crippen LogP contribution in [0.1, 0.15) is 18.9 Å². The molecule has 88 valence electrons. The fourth-order valence-corrected chi connectivity index (χ4v) is 1.44. The van der Waals surface area contributed by atoms with Crippen LogP contribution in [0.2, 0.25) is 0 Å². The van der Waals surface area contributed by atoms with Crippen molar-refractivity contribution in [1.29, 1.82) is 0 Å². The van der Waals surface area contributed by atoms with Crippen LogP contribution in [0, 0.1) is 5.82 Å². The zero-order chi connectivity index (χ0) is 12.0. The van der Waals surface area contributed by atoms with Crippen LogP contribution in [0.25, 0.3) is 0 Å². The molecule has 0 aliphatic carbocycles. The van der Waals surface area contributed by atoms with Crippen LogP contribution in [0.15, 0.2) is 24.3 Å². The third-order valence-electron chi connectivity index (χ3n) is 2.40. The highest BCUT2D eigenvalue weighted by Crippen LogP contribution is 2.04. The van der Waals surface area contributed by atoms with Gasteiger partial charge < -0.3 is 11.1 Å². The Hall–Kier alpha value is -1.42. The Labute approximate surface area is 94.8 Å². The van der Waals surface area contributed by atoms with Crippen LogP contribution in [0.5, 0.6) is 0 Å². The van der Waals surface area contributed by atoms with Gasteiger partial charge in [0.1, 0.15) is 5.82 Å². The van der Waals surface area contributed by atoms with Crippen molar-refractivity contribution in [3.63, 3.8) is 0 Å². The molecule has 0 aliphatic heterocycles. The first-order chi connectivity index (χ1) is 7.65. The summed E-state index contributed by atoms with van der Waals surface area (Å²) in [6.45, 7) is 2.38. The molecule has 1 atom stereocenters. The Balaban J connectivity index is 2.51. The molecule has 4 heteroatoms. The highest BCUT2D eigenvalue weighted by atomic mass is 19.1. The fraction of sp³-hybridized carbons (Fsp3) is 0.417. The molecule has 1 aromatic rings. The van der Waals surface area contributed by atoms with E-state index in [1.165, 1.54) is 12.1 Å². The first-order valence-corrected chi connectivity index (χ1v) is 5.39. The van der Waals surface area contributed by atoms with E-state index in [1.54, 1.807) is 12.1 Å². The van der Waals surface area contributed by atoms with Crippen LogP contribution in [-0.2, 0) is 11.2 Å². The summed E-state index contributed by atoms with van der Waals surface area (Å²) in [6.07, 6.45) is 0.986. The Morgan fingerprint density at radius 1 is 1.56 bits per heavy atom. The maximum atomic E-state index is 12.9. The van der Waals surface area contributed by atoms with Crippen molar-refractivity contribution in [3.8, 4) is 0 Å². The van der Waals surface area contributed by atoms with Gasteiger partial charge in [-0.05, 0) is 24.1 Å². The summed E-state index contributed by atoms with van der Waals surface area (Å²) in [7, 11) is 0. The van der Waals surface area contributed by atoms with Crippen LogP contribution in [0.4, 0.5) is 4.39 Å². The Morgan fingerprint density at radius 2 is 2.31 bits per heavy atom. The SMILES string of the molecule is CCC(CN)NC(=O)Cc1cccc(F)c1. The Bertz CT molecular complexity index is 351. The van der Waals surface area contributed by atoms with Crippen LogP contribution < -0.4 is 11.1 Å². The molecule has 0 radical (unpaired) electrons. The summed E-state index contributed by atoms with van der Waals surface area (Å²) in [6, 6.07) is 6.05. The lowest BCUT2D eigenvalue weighted by molar-refractivity contribution is -0.121. The molecule has 0 aliphatic rings. The second-order valence-corrected chi connectivity index (χ2v) is 3.72.